The molecule has 7 nitrogen and oxygen atoms in total. The van der Waals surface area contributed by atoms with E-state index >= 15 is 0 Å². The largest absolute Gasteiger partial charge is 0.494 e. The minimum Gasteiger partial charge on any atom is -0.494 e. The number of nitrogens with zero attached hydrogens (tertiary/aromatic N) is 3. The van der Waals surface area contributed by atoms with Gasteiger partial charge in [0.2, 0.25) is 0 Å². The number of amides is 1. The molecule has 0 radical (unpaired) electrons. The number of hydrogen-bond acceptors (Lipinski definition) is 5. The van der Waals surface area contributed by atoms with Crippen molar-refractivity contribution in [1.29, 1.82) is 0 Å². The molecule has 0 unspecified atom stereocenters. The van der Waals surface area contributed by atoms with E-state index in [1.165, 1.54) is 0 Å². The zero-order valence-electron chi connectivity index (χ0n) is 20.6. The molecule has 4 aromatic rings. The summed E-state index contributed by atoms with van der Waals surface area (Å²) in [6.45, 7) is 5.44. The Hall–Kier alpha value is -4.39. The quantitative estimate of drug-likeness (QED) is 0.214. The lowest BCUT2D eigenvalue weighted by atomic mass is 10.1. The van der Waals surface area contributed by atoms with Crippen LogP contribution < -0.4 is 14.9 Å². The number of hydrogen-bond donors (Lipinski definition) is 1. The molecule has 36 heavy (non-hydrogen) atoms. The predicted molar refractivity (Wildman–Crippen MR) is 142 cm³/mol. The van der Waals surface area contributed by atoms with E-state index in [1.54, 1.807) is 35.2 Å². The number of ether oxygens (including phenoxy) is 2. The highest BCUT2D eigenvalue weighted by Crippen LogP contribution is 2.25. The minimum atomic E-state index is -0.303. The molecule has 0 bridgehead atoms. The van der Waals surface area contributed by atoms with Gasteiger partial charge in [0.25, 0.3) is 5.91 Å². The summed E-state index contributed by atoms with van der Waals surface area (Å²) in [5, 5.41) is 9.00. The summed E-state index contributed by atoms with van der Waals surface area (Å²) in [6, 6.07) is 24.7. The molecule has 3 aromatic carbocycles. The number of carbonyl (C=O) groups is 1. The highest BCUT2D eigenvalue weighted by Gasteiger charge is 2.12. The third kappa shape index (κ3) is 6.39. The van der Waals surface area contributed by atoms with Crippen LogP contribution in [-0.2, 0) is 0 Å². The van der Waals surface area contributed by atoms with Gasteiger partial charge in [-0.1, -0.05) is 32.0 Å². The summed E-state index contributed by atoms with van der Waals surface area (Å²) in [7, 11) is 0. The van der Waals surface area contributed by atoms with Crippen LogP contribution in [0.25, 0.3) is 16.9 Å². The minimum absolute atomic E-state index is 0.303. The van der Waals surface area contributed by atoms with Gasteiger partial charge in [0, 0.05) is 22.9 Å². The Kier molecular flexibility index (Phi) is 8.48. The highest BCUT2D eigenvalue weighted by atomic mass is 16.5. The lowest BCUT2D eigenvalue weighted by molar-refractivity contribution is 0.0955. The summed E-state index contributed by atoms with van der Waals surface area (Å²) in [5.41, 5.74) is 6.46. The topological polar surface area (TPSA) is 77.7 Å². The number of rotatable bonds is 11. The Morgan fingerprint density at radius 1 is 0.889 bits per heavy atom. The molecule has 1 N–H and O–H groups in total. The lowest BCUT2D eigenvalue weighted by Crippen LogP contribution is -2.17. The SMILES string of the molecule is CCCOc1ccc(C(=O)N/N=C/c2cn(-c3ccccc3)nc2-c2ccc(OCCC)cc2)cc1. The van der Waals surface area contributed by atoms with E-state index in [0.717, 1.165) is 46.8 Å². The fourth-order valence-corrected chi connectivity index (χ4v) is 3.50. The molecule has 1 aromatic heterocycles. The number of benzene rings is 3. The summed E-state index contributed by atoms with van der Waals surface area (Å²) < 4.78 is 13.1. The molecule has 0 aliphatic heterocycles. The fourth-order valence-electron chi connectivity index (χ4n) is 3.50. The highest BCUT2D eigenvalue weighted by molar-refractivity contribution is 5.95. The van der Waals surface area contributed by atoms with Crippen molar-refractivity contribution in [3.63, 3.8) is 0 Å². The zero-order valence-corrected chi connectivity index (χ0v) is 20.6. The van der Waals surface area contributed by atoms with Crippen LogP contribution >= 0.6 is 0 Å². The van der Waals surface area contributed by atoms with Crippen molar-refractivity contribution in [2.45, 2.75) is 26.7 Å². The predicted octanol–water partition coefficient (Wildman–Crippen LogP) is 5.88. The van der Waals surface area contributed by atoms with Crippen molar-refractivity contribution in [3.8, 4) is 28.4 Å². The summed E-state index contributed by atoms with van der Waals surface area (Å²) in [5.74, 6) is 1.25. The number of aromatic nitrogens is 2. The molecular weight excluding hydrogens is 452 g/mol. The smallest absolute Gasteiger partial charge is 0.271 e. The van der Waals surface area contributed by atoms with Crippen LogP contribution in [0.2, 0.25) is 0 Å². The van der Waals surface area contributed by atoms with Gasteiger partial charge in [0.15, 0.2) is 0 Å². The maximum atomic E-state index is 12.6. The van der Waals surface area contributed by atoms with Gasteiger partial charge in [-0.2, -0.15) is 10.2 Å². The van der Waals surface area contributed by atoms with Crippen LogP contribution in [0.15, 0.2) is 90.2 Å². The third-order valence-corrected chi connectivity index (χ3v) is 5.32. The molecule has 0 fully saturated rings. The molecule has 0 aliphatic carbocycles. The maximum absolute atomic E-state index is 12.6. The van der Waals surface area contributed by atoms with Crippen LogP contribution in [0, 0.1) is 0 Å². The first kappa shape index (κ1) is 24.7. The van der Waals surface area contributed by atoms with E-state index in [4.69, 9.17) is 14.6 Å². The van der Waals surface area contributed by atoms with Crippen molar-refractivity contribution in [2.75, 3.05) is 13.2 Å². The van der Waals surface area contributed by atoms with Crippen molar-refractivity contribution in [2.24, 2.45) is 5.10 Å². The third-order valence-electron chi connectivity index (χ3n) is 5.32. The van der Waals surface area contributed by atoms with Crippen molar-refractivity contribution in [1.82, 2.24) is 15.2 Å². The van der Waals surface area contributed by atoms with Crippen molar-refractivity contribution in [3.05, 3.63) is 96.2 Å². The van der Waals surface area contributed by atoms with E-state index < -0.39 is 0 Å². The molecule has 0 saturated carbocycles. The Bertz CT molecular complexity index is 1280. The van der Waals surface area contributed by atoms with Gasteiger partial charge in [-0.15, -0.1) is 0 Å². The van der Waals surface area contributed by atoms with E-state index in [9.17, 15) is 4.79 Å². The van der Waals surface area contributed by atoms with Gasteiger partial charge in [-0.05, 0) is 73.5 Å². The van der Waals surface area contributed by atoms with Crippen LogP contribution in [0.1, 0.15) is 42.6 Å². The summed E-state index contributed by atoms with van der Waals surface area (Å²) >= 11 is 0. The molecule has 0 atom stereocenters. The second-order valence-corrected chi connectivity index (χ2v) is 8.16. The molecule has 0 aliphatic rings. The standard InChI is InChI=1S/C29H30N4O3/c1-3-18-35-26-14-10-22(11-15-26)28-24(21-33(32-28)25-8-6-5-7-9-25)20-30-31-29(34)23-12-16-27(17-13-23)36-19-4-2/h5-17,20-21H,3-4,18-19H2,1-2H3,(H,31,34)/b30-20+. The maximum Gasteiger partial charge on any atom is 0.271 e. The fraction of sp³-hybridized carbons (Fsp3) is 0.207. The Morgan fingerprint density at radius 3 is 2.11 bits per heavy atom. The first-order chi connectivity index (χ1) is 17.7. The van der Waals surface area contributed by atoms with Gasteiger partial charge >= 0.3 is 0 Å². The van der Waals surface area contributed by atoms with Crippen LogP contribution in [0.3, 0.4) is 0 Å². The van der Waals surface area contributed by atoms with Gasteiger partial charge < -0.3 is 9.47 Å². The normalized spacial score (nSPS) is 10.9. The van der Waals surface area contributed by atoms with E-state index in [-0.39, 0.29) is 5.91 Å². The lowest BCUT2D eigenvalue weighted by Gasteiger charge is -2.06. The summed E-state index contributed by atoms with van der Waals surface area (Å²) in [6.07, 6.45) is 5.38. The average molecular weight is 483 g/mol. The Labute approximate surface area is 211 Å². The van der Waals surface area contributed by atoms with E-state index in [0.29, 0.717) is 18.8 Å². The Balaban J connectivity index is 1.53. The second-order valence-electron chi connectivity index (χ2n) is 8.16. The number of hydrazone groups is 1. The van der Waals surface area contributed by atoms with E-state index in [1.807, 2.05) is 67.7 Å². The molecule has 4 rings (SSSR count). The monoisotopic (exact) mass is 482 g/mol. The van der Waals surface area contributed by atoms with Crippen molar-refractivity contribution < 1.29 is 14.3 Å². The van der Waals surface area contributed by atoms with Gasteiger partial charge in [0.1, 0.15) is 17.2 Å². The van der Waals surface area contributed by atoms with Crippen LogP contribution in [0.5, 0.6) is 11.5 Å². The molecule has 184 valence electrons. The average Bonchev–Trinajstić information content (AvgIpc) is 3.36. The molecule has 7 heteroatoms. The van der Waals surface area contributed by atoms with Crippen molar-refractivity contribution >= 4 is 12.1 Å². The molecule has 0 spiro atoms. The van der Waals surface area contributed by atoms with Crippen LogP contribution in [0.4, 0.5) is 0 Å². The second kappa shape index (κ2) is 12.4. The summed E-state index contributed by atoms with van der Waals surface area (Å²) in [4.78, 5) is 12.6. The van der Waals surface area contributed by atoms with Gasteiger partial charge in [0.05, 0.1) is 25.1 Å². The van der Waals surface area contributed by atoms with Gasteiger partial charge in [-0.3, -0.25) is 4.79 Å². The molecule has 1 heterocycles. The number of carbonyl (C=O) groups excluding carboxylic acids is 1. The van der Waals surface area contributed by atoms with Crippen LogP contribution in [-0.4, -0.2) is 35.1 Å². The first-order valence-electron chi connectivity index (χ1n) is 12.1. The molecule has 0 saturated heterocycles. The zero-order chi connectivity index (χ0) is 25.2. The number of para-hydroxylation sites is 1. The van der Waals surface area contributed by atoms with Gasteiger partial charge in [-0.25, -0.2) is 10.1 Å². The first-order valence-corrected chi connectivity index (χ1v) is 12.1. The van der Waals surface area contributed by atoms with E-state index in [2.05, 4.69) is 17.5 Å². The number of nitrogens with one attached hydrogen (secondary N) is 1. The molecular formula is C29H30N4O3. The Morgan fingerprint density at radius 2 is 1.50 bits per heavy atom. The molecule has 1 amide bonds.